The first-order chi connectivity index (χ1) is 15.5. The lowest BCUT2D eigenvalue weighted by Gasteiger charge is -2.39. The van der Waals surface area contributed by atoms with Crippen LogP contribution in [0.2, 0.25) is 18.1 Å². The van der Waals surface area contributed by atoms with Gasteiger partial charge < -0.3 is 8.97 Å². The minimum atomic E-state index is -2.05. The maximum atomic E-state index is 15.6. The van der Waals surface area contributed by atoms with Crippen molar-refractivity contribution < 1.29 is 18.7 Å². The van der Waals surface area contributed by atoms with E-state index in [0.29, 0.717) is 30.5 Å². The quantitative estimate of drug-likeness (QED) is 0.326. The van der Waals surface area contributed by atoms with Crippen molar-refractivity contribution in [1.82, 2.24) is 9.13 Å². The molecule has 1 aromatic carbocycles. The lowest BCUT2D eigenvalue weighted by atomic mass is 9.82. The first kappa shape index (κ1) is 26.5. The fourth-order valence-corrected chi connectivity index (χ4v) is 6.91. The van der Waals surface area contributed by atoms with E-state index in [9.17, 15) is 9.59 Å². The first-order valence-electron chi connectivity index (χ1n) is 12.4. The molecule has 1 amide bonds. The average Bonchev–Trinajstić information content (AvgIpc) is 3.31. The van der Waals surface area contributed by atoms with Gasteiger partial charge in [-0.25, -0.2) is 9.18 Å². The topological polar surface area (TPSA) is 51.5 Å². The Hall–Kier alpha value is -2.15. The van der Waals surface area contributed by atoms with Crippen molar-refractivity contribution in [2.24, 2.45) is 0 Å². The van der Waals surface area contributed by atoms with Crippen LogP contribution in [-0.2, 0) is 4.74 Å². The Morgan fingerprint density at radius 2 is 1.79 bits per heavy atom. The summed E-state index contributed by atoms with van der Waals surface area (Å²) in [6, 6.07) is 5.08. The normalized spacial score (nSPS) is 19.6. The molecular formula is C27H41FN2O3Si. The number of aromatic nitrogens is 1. The summed E-state index contributed by atoms with van der Waals surface area (Å²) in [6.07, 6.45) is 4.02. The molecular weight excluding hydrogens is 447 g/mol. The summed E-state index contributed by atoms with van der Waals surface area (Å²) in [6.45, 7) is 19.0. The second kappa shape index (κ2) is 8.81. The van der Waals surface area contributed by atoms with E-state index in [2.05, 4.69) is 38.1 Å². The Morgan fingerprint density at radius 3 is 2.35 bits per heavy atom. The second-order valence-electron chi connectivity index (χ2n) is 12.2. The standard InChI is InChI=1S/C27H41FN2O3Si/c1-10-13-27(14-11-15-29(27)24(32)33-25(2,3)4)23(31)20-17-19-12-16-30(22(19)21(28)18-20)34(8,9)26(5,6)7/h12,16-18H,10-11,13-15H2,1-9H3. The number of rotatable bonds is 5. The van der Waals surface area contributed by atoms with Gasteiger partial charge >= 0.3 is 6.09 Å². The number of hydrogen-bond donors (Lipinski definition) is 0. The molecule has 188 valence electrons. The molecule has 5 nitrogen and oxygen atoms in total. The number of halogens is 1. The van der Waals surface area contributed by atoms with Gasteiger partial charge in [-0.05, 0) is 69.5 Å². The molecule has 34 heavy (non-hydrogen) atoms. The van der Waals surface area contributed by atoms with Crippen LogP contribution in [-0.4, -0.2) is 46.9 Å². The molecule has 2 heterocycles. The first-order valence-corrected chi connectivity index (χ1v) is 15.4. The number of hydrogen-bond acceptors (Lipinski definition) is 3. The van der Waals surface area contributed by atoms with Crippen molar-refractivity contribution in [1.29, 1.82) is 0 Å². The number of amides is 1. The molecule has 1 aliphatic heterocycles. The van der Waals surface area contributed by atoms with E-state index in [1.54, 1.807) is 11.0 Å². The Labute approximate surface area is 204 Å². The number of carbonyl (C=O) groups is 2. The fourth-order valence-electron chi connectivity index (χ4n) is 4.94. The Morgan fingerprint density at radius 1 is 1.15 bits per heavy atom. The highest BCUT2D eigenvalue weighted by Crippen LogP contribution is 2.41. The molecule has 0 N–H and O–H groups in total. The monoisotopic (exact) mass is 488 g/mol. The number of likely N-dealkylation sites (tertiary alicyclic amines) is 1. The van der Waals surface area contributed by atoms with E-state index in [0.717, 1.165) is 18.2 Å². The van der Waals surface area contributed by atoms with Crippen molar-refractivity contribution in [3.05, 3.63) is 35.8 Å². The number of nitrogens with zero attached hydrogens (tertiary/aromatic N) is 2. The maximum Gasteiger partial charge on any atom is 0.411 e. The van der Waals surface area contributed by atoms with Gasteiger partial charge in [0.25, 0.3) is 0 Å². The Bertz CT molecular complexity index is 1090. The van der Waals surface area contributed by atoms with Crippen LogP contribution in [0.3, 0.4) is 0 Å². The summed E-state index contributed by atoms with van der Waals surface area (Å²) in [5.74, 6) is -0.581. The largest absolute Gasteiger partial charge is 0.444 e. The van der Waals surface area contributed by atoms with Gasteiger partial charge in [0, 0.05) is 17.5 Å². The zero-order chi connectivity index (χ0) is 25.7. The van der Waals surface area contributed by atoms with Crippen LogP contribution in [0.1, 0.15) is 84.5 Å². The summed E-state index contributed by atoms with van der Waals surface area (Å²) >= 11 is 0. The molecule has 1 aliphatic rings. The van der Waals surface area contributed by atoms with Gasteiger partial charge in [-0.2, -0.15) is 0 Å². The summed E-state index contributed by atoms with van der Waals surface area (Å²) in [5.41, 5.74) is -0.776. The minimum absolute atomic E-state index is 0.0306. The van der Waals surface area contributed by atoms with Crippen molar-refractivity contribution in [3.8, 4) is 0 Å². The van der Waals surface area contributed by atoms with E-state index in [-0.39, 0.29) is 16.6 Å². The van der Waals surface area contributed by atoms with Crippen LogP contribution in [0.5, 0.6) is 0 Å². The average molecular weight is 489 g/mol. The van der Waals surface area contributed by atoms with Crippen LogP contribution < -0.4 is 0 Å². The highest BCUT2D eigenvalue weighted by atomic mass is 28.3. The van der Waals surface area contributed by atoms with Crippen LogP contribution in [0, 0.1) is 5.82 Å². The summed E-state index contributed by atoms with van der Waals surface area (Å²) < 4.78 is 23.4. The Balaban J connectivity index is 2.08. The van der Waals surface area contributed by atoms with Crippen LogP contribution in [0.25, 0.3) is 10.9 Å². The summed E-state index contributed by atoms with van der Waals surface area (Å²) in [4.78, 5) is 28.6. The molecule has 0 radical (unpaired) electrons. The molecule has 0 bridgehead atoms. The van der Waals surface area contributed by atoms with Crippen molar-refractivity contribution in [3.63, 3.8) is 0 Å². The number of carbonyl (C=O) groups excluding carboxylic acids is 2. The second-order valence-corrected chi connectivity index (χ2v) is 17.3. The molecule has 3 rings (SSSR count). The van der Waals surface area contributed by atoms with Gasteiger partial charge in [-0.1, -0.05) is 47.2 Å². The predicted octanol–water partition coefficient (Wildman–Crippen LogP) is 7.39. The fraction of sp³-hybridized carbons (Fsp3) is 0.630. The van der Waals surface area contributed by atoms with Crippen LogP contribution in [0.4, 0.5) is 9.18 Å². The van der Waals surface area contributed by atoms with E-state index in [1.807, 2.05) is 40.0 Å². The zero-order valence-electron chi connectivity index (χ0n) is 22.3. The Kier molecular flexibility index (Phi) is 6.85. The molecule has 1 aromatic heterocycles. The molecule has 1 saturated heterocycles. The van der Waals surface area contributed by atoms with Crippen LogP contribution >= 0.6 is 0 Å². The van der Waals surface area contributed by atoms with Gasteiger partial charge in [0.15, 0.2) is 14.0 Å². The van der Waals surface area contributed by atoms with E-state index in [4.69, 9.17) is 4.74 Å². The van der Waals surface area contributed by atoms with Gasteiger partial charge in [-0.3, -0.25) is 9.69 Å². The third kappa shape index (κ3) is 4.55. The number of ether oxygens (including phenoxy) is 1. The number of fused-ring (bicyclic) bond motifs is 1. The maximum absolute atomic E-state index is 15.6. The van der Waals surface area contributed by atoms with Crippen molar-refractivity contribution >= 4 is 31.0 Å². The third-order valence-electron chi connectivity index (χ3n) is 7.63. The van der Waals surface area contributed by atoms with E-state index in [1.165, 1.54) is 6.07 Å². The van der Waals surface area contributed by atoms with Crippen molar-refractivity contribution in [2.45, 2.75) is 103 Å². The predicted molar refractivity (Wildman–Crippen MR) is 139 cm³/mol. The molecule has 0 spiro atoms. The highest BCUT2D eigenvalue weighted by molar-refractivity contribution is 6.79. The molecule has 7 heteroatoms. The van der Waals surface area contributed by atoms with E-state index < -0.39 is 25.5 Å². The van der Waals surface area contributed by atoms with Gasteiger partial charge in [0.2, 0.25) is 0 Å². The molecule has 0 saturated carbocycles. The number of ketones is 1. The lowest BCUT2D eigenvalue weighted by Crippen LogP contribution is -2.54. The third-order valence-corrected chi connectivity index (χ3v) is 12.9. The highest BCUT2D eigenvalue weighted by Gasteiger charge is 2.50. The molecule has 0 aliphatic carbocycles. The van der Waals surface area contributed by atoms with Crippen LogP contribution in [0.15, 0.2) is 24.4 Å². The van der Waals surface area contributed by atoms with E-state index >= 15 is 4.39 Å². The zero-order valence-corrected chi connectivity index (χ0v) is 23.3. The van der Waals surface area contributed by atoms with Gasteiger partial charge in [-0.15, -0.1) is 0 Å². The van der Waals surface area contributed by atoms with Gasteiger partial charge in [0.05, 0.1) is 5.52 Å². The molecule has 1 fully saturated rings. The summed E-state index contributed by atoms with van der Waals surface area (Å²) in [7, 11) is -2.05. The molecule has 2 aromatic rings. The SMILES string of the molecule is CCCC1(C(=O)c2cc(F)c3c(ccn3[Si](C)(C)C(C)(C)C)c2)CCCN1C(=O)OC(C)(C)C. The number of benzene rings is 1. The number of Topliss-reactive ketones (excluding diaryl/α,β-unsaturated/α-hetero) is 1. The molecule has 1 unspecified atom stereocenters. The van der Waals surface area contributed by atoms with Gasteiger partial charge in [0.1, 0.15) is 17.0 Å². The molecule has 1 atom stereocenters. The lowest BCUT2D eigenvalue weighted by molar-refractivity contribution is 0.00733. The smallest absolute Gasteiger partial charge is 0.411 e. The summed E-state index contributed by atoms with van der Waals surface area (Å²) in [5, 5.41) is 0.754. The van der Waals surface area contributed by atoms with Crippen molar-refractivity contribution in [2.75, 3.05) is 6.54 Å². The minimum Gasteiger partial charge on any atom is -0.444 e.